The Labute approximate surface area is 81.8 Å². The number of hydrogen-bond acceptors (Lipinski definition) is 4. The third-order valence-corrected chi connectivity index (χ3v) is 2.68. The van der Waals surface area contributed by atoms with Gasteiger partial charge in [0.05, 0.1) is 23.7 Å². The number of esters is 1. The maximum atomic E-state index is 11.1. The molecule has 0 amide bonds. The number of nitrogens with zero attached hydrogens (tertiary/aromatic N) is 1. The predicted molar refractivity (Wildman–Crippen MR) is 51.9 cm³/mol. The highest BCUT2D eigenvalue weighted by Crippen LogP contribution is 2.17. The van der Waals surface area contributed by atoms with Crippen LogP contribution in [0.1, 0.15) is 22.5 Å². The number of rotatable bonds is 3. The van der Waals surface area contributed by atoms with E-state index in [4.69, 9.17) is 4.74 Å². The maximum absolute atomic E-state index is 11.1. The molecule has 0 N–H and O–H groups in total. The summed E-state index contributed by atoms with van der Waals surface area (Å²) in [5, 5.41) is 0.997. The first-order chi connectivity index (χ1) is 6.13. The van der Waals surface area contributed by atoms with Gasteiger partial charge in [-0.2, -0.15) is 0 Å². The first-order valence-corrected chi connectivity index (χ1v) is 5.03. The van der Waals surface area contributed by atoms with Crippen molar-refractivity contribution in [3.05, 3.63) is 15.6 Å². The molecule has 1 heterocycles. The van der Waals surface area contributed by atoms with Gasteiger partial charge in [0.15, 0.2) is 0 Å². The van der Waals surface area contributed by atoms with Crippen LogP contribution in [0.5, 0.6) is 0 Å². The van der Waals surface area contributed by atoms with Gasteiger partial charge in [0, 0.05) is 4.88 Å². The van der Waals surface area contributed by atoms with E-state index in [0.717, 1.165) is 15.6 Å². The third-order valence-electron chi connectivity index (χ3n) is 1.61. The molecule has 1 rings (SSSR count). The van der Waals surface area contributed by atoms with Crippen molar-refractivity contribution in [2.24, 2.45) is 0 Å². The van der Waals surface area contributed by atoms with Gasteiger partial charge in [-0.15, -0.1) is 11.3 Å². The van der Waals surface area contributed by atoms with E-state index in [1.54, 1.807) is 11.3 Å². The number of carbonyl (C=O) groups excluding carboxylic acids is 1. The molecular formula is C9H13NO2S. The molecular weight excluding hydrogens is 186 g/mol. The molecule has 1 aromatic heterocycles. The highest BCUT2D eigenvalue weighted by Gasteiger charge is 2.10. The van der Waals surface area contributed by atoms with Gasteiger partial charge in [-0.25, -0.2) is 4.98 Å². The zero-order valence-corrected chi connectivity index (χ0v) is 8.90. The van der Waals surface area contributed by atoms with Gasteiger partial charge in [-0.3, -0.25) is 4.79 Å². The Morgan fingerprint density at radius 1 is 1.54 bits per heavy atom. The monoisotopic (exact) mass is 199 g/mol. The van der Waals surface area contributed by atoms with Crippen LogP contribution in [0.3, 0.4) is 0 Å². The summed E-state index contributed by atoms with van der Waals surface area (Å²) >= 11 is 1.56. The standard InChI is InChI=1S/C9H13NO2S/c1-4-12-9(11)5-8-6(2)10-7(3)13-8/h4-5H2,1-3H3. The summed E-state index contributed by atoms with van der Waals surface area (Å²) in [7, 11) is 0. The van der Waals surface area contributed by atoms with E-state index in [1.165, 1.54) is 0 Å². The Morgan fingerprint density at radius 2 is 2.23 bits per heavy atom. The largest absolute Gasteiger partial charge is 0.466 e. The summed E-state index contributed by atoms with van der Waals surface area (Å²) in [5.74, 6) is -0.172. The fourth-order valence-corrected chi connectivity index (χ4v) is 2.00. The van der Waals surface area contributed by atoms with Crippen LogP contribution in [0.15, 0.2) is 0 Å². The van der Waals surface area contributed by atoms with Crippen LogP contribution in [0.25, 0.3) is 0 Å². The lowest BCUT2D eigenvalue weighted by Gasteiger charge is -1.99. The van der Waals surface area contributed by atoms with Gasteiger partial charge in [0.2, 0.25) is 0 Å². The molecule has 0 atom stereocenters. The summed E-state index contributed by atoms with van der Waals surface area (Å²) in [6.45, 7) is 6.10. The van der Waals surface area contributed by atoms with E-state index in [2.05, 4.69) is 4.98 Å². The highest BCUT2D eigenvalue weighted by atomic mass is 32.1. The Kier molecular flexibility index (Phi) is 3.42. The molecule has 0 saturated carbocycles. The Morgan fingerprint density at radius 3 is 2.69 bits per heavy atom. The molecule has 1 aromatic rings. The molecule has 0 aromatic carbocycles. The quantitative estimate of drug-likeness (QED) is 0.697. The van der Waals surface area contributed by atoms with Crippen LogP contribution in [0.2, 0.25) is 0 Å². The van der Waals surface area contributed by atoms with Crippen molar-refractivity contribution < 1.29 is 9.53 Å². The van der Waals surface area contributed by atoms with Gasteiger partial charge >= 0.3 is 5.97 Å². The average molecular weight is 199 g/mol. The van der Waals surface area contributed by atoms with E-state index >= 15 is 0 Å². The molecule has 0 aliphatic heterocycles. The molecule has 3 nitrogen and oxygen atoms in total. The lowest BCUT2D eigenvalue weighted by molar-refractivity contribution is -0.142. The number of ether oxygens (including phenoxy) is 1. The van der Waals surface area contributed by atoms with Gasteiger partial charge in [0.1, 0.15) is 0 Å². The second kappa shape index (κ2) is 4.37. The van der Waals surface area contributed by atoms with Crippen LogP contribution in [-0.2, 0) is 16.0 Å². The summed E-state index contributed by atoms with van der Waals surface area (Å²) in [6, 6.07) is 0. The molecule has 72 valence electrons. The fraction of sp³-hybridized carbons (Fsp3) is 0.556. The van der Waals surface area contributed by atoms with Crippen LogP contribution in [0, 0.1) is 13.8 Å². The third kappa shape index (κ3) is 2.81. The zero-order chi connectivity index (χ0) is 9.84. The number of hydrogen-bond donors (Lipinski definition) is 0. The number of carbonyl (C=O) groups is 1. The molecule has 0 spiro atoms. The second-order valence-electron chi connectivity index (χ2n) is 2.72. The Bertz CT molecular complexity index is 307. The average Bonchev–Trinajstić information content (AvgIpc) is 2.30. The molecule has 0 aliphatic rings. The molecule has 0 saturated heterocycles. The molecule has 0 bridgehead atoms. The highest BCUT2D eigenvalue weighted by molar-refractivity contribution is 7.11. The van der Waals surface area contributed by atoms with Crippen molar-refractivity contribution in [2.45, 2.75) is 27.2 Å². The van der Waals surface area contributed by atoms with Crippen LogP contribution in [-0.4, -0.2) is 17.6 Å². The van der Waals surface area contributed by atoms with E-state index in [1.807, 2.05) is 20.8 Å². The van der Waals surface area contributed by atoms with E-state index in [9.17, 15) is 4.79 Å². The summed E-state index contributed by atoms with van der Waals surface area (Å²) in [4.78, 5) is 16.4. The Hall–Kier alpha value is -0.900. The SMILES string of the molecule is CCOC(=O)Cc1sc(C)nc1C. The minimum Gasteiger partial charge on any atom is -0.466 e. The first kappa shape index (κ1) is 10.2. The van der Waals surface area contributed by atoms with E-state index in [0.29, 0.717) is 13.0 Å². The summed E-state index contributed by atoms with van der Waals surface area (Å²) in [5.41, 5.74) is 0.940. The summed E-state index contributed by atoms with van der Waals surface area (Å²) in [6.07, 6.45) is 0.352. The fourth-order valence-electron chi connectivity index (χ4n) is 1.08. The second-order valence-corrected chi connectivity index (χ2v) is 4.01. The van der Waals surface area contributed by atoms with Gasteiger partial charge in [0.25, 0.3) is 0 Å². The normalized spacial score (nSPS) is 10.1. The maximum Gasteiger partial charge on any atom is 0.311 e. The van der Waals surface area contributed by atoms with Crippen LogP contribution < -0.4 is 0 Å². The predicted octanol–water partition coefficient (Wildman–Crippen LogP) is 1.87. The summed E-state index contributed by atoms with van der Waals surface area (Å²) < 4.78 is 4.85. The smallest absolute Gasteiger partial charge is 0.311 e. The number of aromatic nitrogens is 1. The van der Waals surface area contributed by atoms with E-state index in [-0.39, 0.29) is 5.97 Å². The number of aryl methyl sites for hydroxylation is 2. The van der Waals surface area contributed by atoms with Crippen molar-refractivity contribution in [3.8, 4) is 0 Å². The zero-order valence-electron chi connectivity index (χ0n) is 8.09. The molecule has 0 unspecified atom stereocenters. The first-order valence-electron chi connectivity index (χ1n) is 4.22. The van der Waals surface area contributed by atoms with Crippen molar-refractivity contribution in [3.63, 3.8) is 0 Å². The van der Waals surface area contributed by atoms with Gasteiger partial charge in [-0.05, 0) is 20.8 Å². The van der Waals surface area contributed by atoms with Crippen LogP contribution >= 0.6 is 11.3 Å². The van der Waals surface area contributed by atoms with Crippen molar-refractivity contribution in [2.75, 3.05) is 6.61 Å². The molecule has 4 heteroatoms. The molecule has 0 fully saturated rings. The molecule has 13 heavy (non-hydrogen) atoms. The van der Waals surface area contributed by atoms with Gasteiger partial charge < -0.3 is 4.74 Å². The number of thiazole rings is 1. The lowest BCUT2D eigenvalue weighted by Crippen LogP contribution is -2.07. The van der Waals surface area contributed by atoms with Crippen molar-refractivity contribution in [1.82, 2.24) is 4.98 Å². The van der Waals surface area contributed by atoms with Crippen LogP contribution in [0.4, 0.5) is 0 Å². The Balaban J connectivity index is 2.63. The van der Waals surface area contributed by atoms with Gasteiger partial charge in [-0.1, -0.05) is 0 Å². The topological polar surface area (TPSA) is 39.2 Å². The lowest BCUT2D eigenvalue weighted by atomic mass is 10.3. The van der Waals surface area contributed by atoms with E-state index < -0.39 is 0 Å². The minimum atomic E-state index is -0.172. The molecule has 0 radical (unpaired) electrons. The van der Waals surface area contributed by atoms with Crippen molar-refractivity contribution >= 4 is 17.3 Å². The van der Waals surface area contributed by atoms with Crippen molar-refractivity contribution in [1.29, 1.82) is 0 Å². The minimum absolute atomic E-state index is 0.172. The molecule has 0 aliphatic carbocycles.